The van der Waals surface area contributed by atoms with Crippen LogP contribution in [0.15, 0.2) is 18.2 Å². The summed E-state index contributed by atoms with van der Waals surface area (Å²) in [6, 6.07) is 4.98. The smallest absolute Gasteiger partial charge is 0.164 e. The summed E-state index contributed by atoms with van der Waals surface area (Å²) in [5, 5.41) is 0.485. The zero-order valence-corrected chi connectivity index (χ0v) is 9.71. The van der Waals surface area contributed by atoms with Crippen LogP contribution >= 0.6 is 11.6 Å². The van der Waals surface area contributed by atoms with Crippen molar-refractivity contribution in [2.24, 2.45) is 0 Å². The molecule has 0 aliphatic heterocycles. The van der Waals surface area contributed by atoms with Crippen LogP contribution in [0.25, 0.3) is 0 Å². The molecule has 0 spiro atoms. The van der Waals surface area contributed by atoms with Crippen molar-refractivity contribution in [3.63, 3.8) is 0 Å². The van der Waals surface area contributed by atoms with Gasteiger partial charge >= 0.3 is 0 Å². The van der Waals surface area contributed by atoms with Gasteiger partial charge in [0.05, 0.1) is 10.7 Å². The van der Waals surface area contributed by atoms with Gasteiger partial charge in [0.15, 0.2) is 5.78 Å². The molecule has 0 saturated carbocycles. The van der Waals surface area contributed by atoms with Crippen molar-refractivity contribution in [2.45, 2.75) is 6.42 Å². The maximum absolute atomic E-state index is 11.7. The third kappa shape index (κ3) is 3.53. The van der Waals surface area contributed by atoms with E-state index in [0.717, 1.165) is 6.54 Å². The highest BCUT2D eigenvalue weighted by Gasteiger charge is 2.07. The SMILES string of the molecule is CN(C)CCC(=O)c1ccc(Cl)c(N)c1. The average Bonchev–Trinajstić information content (AvgIpc) is 2.18. The molecule has 0 radical (unpaired) electrons. The molecule has 1 aromatic rings. The van der Waals surface area contributed by atoms with Crippen LogP contribution in [-0.4, -0.2) is 31.3 Å². The Kier molecular flexibility index (Phi) is 4.12. The second kappa shape index (κ2) is 5.14. The molecule has 0 bridgehead atoms. The number of Topliss-reactive ketones (excluding diaryl/α,β-unsaturated/α-hetero) is 1. The second-order valence-electron chi connectivity index (χ2n) is 3.71. The van der Waals surface area contributed by atoms with Crippen LogP contribution in [-0.2, 0) is 0 Å². The molecule has 4 heteroatoms. The Hall–Kier alpha value is -1.06. The fourth-order valence-electron chi connectivity index (χ4n) is 1.19. The molecule has 0 fully saturated rings. The maximum atomic E-state index is 11.7. The molecular formula is C11H15ClN2O. The molecule has 1 aromatic carbocycles. The van der Waals surface area contributed by atoms with Crippen molar-refractivity contribution in [3.8, 4) is 0 Å². The summed E-state index contributed by atoms with van der Waals surface area (Å²) in [4.78, 5) is 13.7. The highest BCUT2D eigenvalue weighted by Crippen LogP contribution is 2.20. The summed E-state index contributed by atoms with van der Waals surface area (Å²) >= 11 is 5.77. The number of benzene rings is 1. The number of halogens is 1. The Morgan fingerprint density at radius 3 is 2.67 bits per heavy atom. The number of carbonyl (C=O) groups excluding carboxylic acids is 1. The number of nitrogen functional groups attached to an aromatic ring is 1. The first-order valence-electron chi connectivity index (χ1n) is 4.73. The van der Waals surface area contributed by atoms with Gasteiger partial charge in [-0.2, -0.15) is 0 Å². The van der Waals surface area contributed by atoms with Gasteiger partial charge < -0.3 is 10.6 Å². The molecule has 0 heterocycles. The molecule has 0 aliphatic rings. The Bertz CT molecular complexity index is 364. The van der Waals surface area contributed by atoms with Crippen LogP contribution in [0.5, 0.6) is 0 Å². The molecule has 15 heavy (non-hydrogen) atoms. The van der Waals surface area contributed by atoms with Crippen LogP contribution in [0.2, 0.25) is 5.02 Å². The number of nitrogens with two attached hydrogens (primary N) is 1. The van der Waals surface area contributed by atoms with Gasteiger partial charge in [-0.1, -0.05) is 11.6 Å². The number of rotatable bonds is 4. The zero-order valence-electron chi connectivity index (χ0n) is 8.96. The molecular weight excluding hydrogens is 212 g/mol. The number of ketones is 1. The highest BCUT2D eigenvalue weighted by atomic mass is 35.5. The van der Waals surface area contributed by atoms with Gasteiger partial charge in [0.1, 0.15) is 0 Å². The lowest BCUT2D eigenvalue weighted by Crippen LogP contribution is -2.16. The fraction of sp³-hybridized carbons (Fsp3) is 0.364. The number of hydrogen-bond acceptors (Lipinski definition) is 3. The third-order valence-electron chi connectivity index (χ3n) is 2.10. The topological polar surface area (TPSA) is 46.3 Å². The molecule has 3 nitrogen and oxygen atoms in total. The van der Waals surface area contributed by atoms with Crippen LogP contribution in [0.3, 0.4) is 0 Å². The summed E-state index contributed by atoms with van der Waals surface area (Å²) in [7, 11) is 3.87. The van der Waals surface area contributed by atoms with Gasteiger partial charge in [-0.3, -0.25) is 4.79 Å². The number of hydrogen-bond donors (Lipinski definition) is 1. The molecule has 0 atom stereocenters. The van der Waals surface area contributed by atoms with E-state index in [9.17, 15) is 4.79 Å². The number of anilines is 1. The van der Waals surface area contributed by atoms with Crippen molar-refractivity contribution < 1.29 is 4.79 Å². The average molecular weight is 227 g/mol. The zero-order chi connectivity index (χ0) is 11.4. The van der Waals surface area contributed by atoms with E-state index < -0.39 is 0 Å². The van der Waals surface area contributed by atoms with Gasteiger partial charge in [-0.15, -0.1) is 0 Å². The largest absolute Gasteiger partial charge is 0.398 e. The van der Waals surface area contributed by atoms with Crippen molar-refractivity contribution >= 4 is 23.1 Å². The van der Waals surface area contributed by atoms with E-state index in [1.807, 2.05) is 19.0 Å². The molecule has 1 rings (SSSR count). The first kappa shape index (κ1) is 12.0. The first-order chi connectivity index (χ1) is 7.00. The third-order valence-corrected chi connectivity index (χ3v) is 2.45. The highest BCUT2D eigenvalue weighted by molar-refractivity contribution is 6.33. The molecule has 0 unspecified atom stereocenters. The van der Waals surface area contributed by atoms with Crippen molar-refractivity contribution in [3.05, 3.63) is 28.8 Å². The predicted molar refractivity (Wildman–Crippen MR) is 63.4 cm³/mol. The quantitative estimate of drug-likeness (QED) is 0.632. The van der Waals surface area contributed by atoms with Crippen molar-refractivity contribution in [2.75, 3.05) is 26.4 Å². The molecule has 82 valence electrons. The Morgan fingerprint density at radius 1 is 1.47 bits per heavy atom. The lowest BCUT2D eigenvalue weighted by molar-refractivity contribution is 0.0972. The lowest BCUT2D eigenvalue weighted by atomic mass is 10.1. The Labute approximate surface area is 94.8 Å². The minimum absolute atomic E-state index is 0.0899. The van der Waals surface area contributed by atoms with E-state index in [1.54, 1.807) is 18.2 Å². The van der Waals surface area contributed by atoms with Crippen LogP contribution in [0, 0.1) is 0 Å². The summed E-state index contributed by atoms with van der Waals surface area (Å²) in [5.41, 5.74) is 6.69. The lowest BCUT2D eigenvalue weighted by Gasteiger charge is -2.08. The number of nitrogens with zero attached hydrogens (tertiary/aromatic N) is 1. The minimum Gasteiger partial charge on any atom is -0.398 e. The van der Waals surface area contributed by atoms with Crippen molar-refractivity contribution in [1.29, 1.82) is 0 Å². The van der Waals surface area contributed by atoms with Gasteiger partial charge in [0.2, 0.25) is 0 Å². The van der Waals surface area contributed by atoms with Gasteiger partial charge in [-0.25, -0.2) is 0 Å². The number of carbonyl (C=O) groups is 1. The van der Waals surface area contributed by atoms with E-state index in [2.05, 4.69) is 0 Å². The maximum Gasteiger partial charge on any atom is 0.164 e. The molecule has 0 saturated heterocycles. The van der Waals surface area contributed by atoms with Gasteiger partial charge in [0.25, 0.3) is 0 Å². The summed E-state index contributed by atoms with van der Waals surface area (Å²) in [5.74, 6) is 0.0899. The van der Waals surface area contributed by atoms with Gasteiger partial charge in [-0.05, 0) is 32.3 Å². The Morgan fingerprint density at radius 2 is 2.13 bits per heavy atom. The van der Waals surface area contributed by atoms with Gasteiger partial charge in [0, 0.05) is 18.5 Å². The fourth-order valence-corrected chi connectivity index (χ4v) is 1.30. The molecule has 0 aliphatic carbocycles. The first-order valence-corrected chi connectivity index (χ1v) is 5.11. The minimum atomic E-state index is 0.0899. The molecule has 0 aromatic heterocycles. The molecule has 0 amide bonds. The summed E-state index contributed by atoms with van der Waals surface area (Å²) < 4.78 is 0. The second-order valence-corrected chi connectivity index (χ2v) is 4.12. The van der Waals surface area contributed by atoms with Crippen LogP contribution in [0.1, 0.15) is 16.8 Å². The van der Waals surface area contributed by atoms with Crippen LogP contribution < -0.4 is 5.73 Å². The standard InChI is InChI=1S/C11H15ClN2O/c1-14(2)6-5-11(15)8-3-4-9(12)10(13)7-8/h3-4,7H,5-6,13H2,1-2H3. The summed E-state index contributed by atoms with van der Waals surface area (Å²) in [6.45, 7) is 0.737. The Balaban J connectivity index is 2.70. The van der Waals surface area contributed by atoms with E-state index in [4.69, 9.17) is 17.3 Å². The van der Waals surface area contributed by atoms with Crippen molar-refractivity contribution in [1.82, 2.24) is 4.90 Å². The van der Waals surface area contributed by atoms with Crippen LogP contribution in [0.4, 0.5) is 5.69 Å². The molecule has 2 N–H and O–H groups in total. The van der Waals surface area contributed by atoms with E-state index in [1.165, 1.54) is 0 Å². The predicted octanol–water partition coefficient (Wildman–Crippen LogP) is 2.06. The van der Waals surface area contributed by atoms with E-state index in [0.29, 0.717) is 22.7 Å². The van der Waals surface area contributed by atoms with E-state index in [-0.39, 0.29) is 5.78 Å². The van der Waals surface area contributed by atoms with E-state index >= 15 is 0 Å². The summed E-state index contributed by atoms with van der Waals surface area (Å²) in [6.07, 6.45) is 0.494. The normalized spacial score (nSPS) is 10.7. The monoisotopic (exact) mass is 226 g/mol.